The first-order valence-corrected chi connectivity index (χ1v) is 6.02. The summed E-state index contributed by atoms with van der Waals surface area (Å²) in [4.78, 5) is 0. The van der Waals surface area contributed by atoms with E-state index in [2.05, 4.69) is 11.4 Å². The molecule has 0 aliphatic heterocycles. The van der Waals surface area contributed by atoms with E-state index in [1.165, 1.54) is 0 Å². The van der Waals surface area contributed by atoms with Crippen molar-refractivity contribution in [2.24, 2.45) is 0 Å². The Labute approximate surface area is 106 Å². The molecule has 0 amide bonds. The van der Waals surface area contributed by atoms with Crippen molar-refractivity contribution in [2.75, 3.05) is 13.2 Å². The molecular weight excluding hydrogens is 245 g/mol. The van der Waals surface area contributed by atoms with Crippen LogP contribution in [0.15, 0.2) is 0 Å². The molecular formula is C12H21F3N2O. The fourth-order valence-electron chi connectivity index (χ4n) is 1.55. The Balaban J connectivity index is 3.73. The maximum atomic E-state index is 11.8. The normalized spacial score (nSPS) is 15.4. The molecule has 0 saturated carbocycles. The number of hydrogen-bond acceptors (Lipinski definition) is 3. The van der Waals surface area contributed by atoms with Gasteiger partial charge in [0.05, 0.1) is 6.07 Å². The van der Waals surface area contributed by atoms with Crippen LogP contribution in [0.5, 0.6) is 0 Å². The van der Waals surface area contributed by atoms with Gasteiger partial charge in [-0.1, -0.05) is 0 Å². The number of nitrogens with one attached hydrogen (secondary N) is 1. The Kier molecular flexibility index (Phi) is 7.26. The van der Waals surface area contributed by atoms with Crippen LogP contribution in [-0.2, 0) is 4.74 Å². The standard InChI is InChI=1S/C12H21F3N2O/c1-10(2)17-11(3,9-16)6-8-18-7-4-5-12(13,14)15/h10,17H,4-8H2,1-3H3. The lowest BCUT2D eigenvalue weighted by molar-refractivity contribution is -0.137. The summed E-state index contributed by atoms with van der Waals surface area (Å²) in [5.41, 5.74) is -0.696. The second-order valence-electron chi connectivity index (χ2n) is 4.82. The molecule has 6 heteroatoms. The van der Waals surface area contributed by atoms with Gasteiger partial charge < -0.3 is 4.74 Å². The molecule has 1 atom stereocenters. The summed E-state index contributed by atoms with van der Waals surface area (Å²) in [5.74, 6) is 0. The fraction of sp³-hybridized carbons (Fsp3) is 0.917. The number of ether oxygens (including phenoxy) is 1. The average Bonchev–Trinajstić information content (AvgIpc) is 2.20. The summed E-state index contributed by atoms with van der Waals surface area (Å²) in [6.45, 7) is 5.97. The Morgan fingerprint density at radius 3 is 2.28 bits per heavy atom. The number of halogens is 3. The third kappa shape index (κ3) is 9.25. The predicted octanol–water partition coefficient (Wildman–Crippen LogP) is 3.02. The van der Waals surface area contributed by atoms with Gasteiger partial charge in [0.25, 0.3) is 0 Å². The monoisotopic (exact) mass is 266 g/mol. The van der Waals surface area contributed by atoms with Gasteiger partial charge in [0.1, 0.15) is 5.54 Å². The number of hydrogen-bond donors (Lipinski definition) is 1. The van der Waals surface area contributed by atoms with Crippen molar-refractivity contribution in [1.82, 2.24) is 5.32 Å². The quantitative estimate of drug-likeness (QED) is 0.687. The summed E-state index contributed by atoms with van der Waals surface area (Å²) >= 11 is 0. The minimum atomic E-state index is -4.12. The van der Waals surface area contributed by atoms with Crippen LogP contribution in [0.25, 0.3) is 0 Å². The zero-order chi connectivity index (χ0) is 14.2. The van der Waals surface area contributed by atoms with E-state index in [1.807, 2.05) is 13.8 Å². The molecule has 0 rings (SSSR count). The molecule has 106 valence electrons. The minimum absolute atomic E-state index is 0.0373. The Morgan fingerprint density at radius 1 is 1.22 bits per heavy atom. The molecule has 0 aromatic rings. The van der Waals surface area contributed by atoms with Gasteiger partial charge >= 0.3 is 6.18 Å². The average molecular weight is 266 g/mol. The van der Waals surface area contributed by atoms with E-state index in [-0.39, 0.29) is 25.7 Å². The highest BCUT2D eigenvalue weighted by molar-refractivity contribution is 5.04. The Bertz CT molecular complexity index is 273. The SMILES string of the molecule is CC(C)NC(C)(C#N)CCOCCCC(F)(F)F. The molecule has 1 N–H and O–H groups in total. The molecule has 0 bridgehead atoms. The highest BCUT2D eigenvalue weighted by Crippen LogP contribution is 2.21. The Hall–Kier alpha value is -0.800. The molecule has 0 saturated heterocycles. The smallest absolute Gasteiger partial charge is 0.381 e. The van der Waals surface area contributed by atoms with Gasteiger partial charge in [-0.05, 0) is 27.2 Å². The lowest BCUT2D eigenvalue weighted by atomic mass is 9.99. The summed E-state index contributed by atoms with van der Waals surface area (Å²) < 4.78 is 40.6. The molecule has 0 aromatic carbocycles. The van der Waals surface area contributed by atoms with Gasteiger partial charge in [-0.3, -0.25) is 5.32 Å². The van der Waals surface area contributed by atoms with Crippen molar-refractivity contribution >= 4 is 0 Å². The summed E-state index contributed by atoms with van der Waals surface area (Å²) in [6, 6.07) is 2.32. The van der Waals surface area contributed by atoms with Crippen LogP contribution in [0.4, 0.5) is 13.2 Å². The van der Waals surface area contributed by atoms with Crippen LogP contribution in [-0.4, -0.2) is 31.0 Å². The fourth-order valence-corrected chi connectivity index (χ4v) is 1.55. The van der Waals surface area contributed by atoms with E-state index in [0.717, 1.165) is 0 Å². The number of nitriles is 1. The van der Waals surface area contributed by atoms with Crippen LogP contribution in [0.2, 0.25) is 0 Å². The second kappa shape index (κ2) is 7.59. The lowest BCUT2D eigenvalue weighted by Crippen LogP contribution is -2.45. The molecule has 1 unspecified atom stereocenters. The first-order chi connectivity index (χ1) is 8.18. The van der Waals surface area contributed by atoms with Gasteiger partial charge in [-0.25, -0.2) is 0 Å². The van der Waals surface area contributed by atoms with Crippen molar-refractivity contribution < 1.29 is 17.9 Å². The van der Waals surface area contributed by atoms with Gasteiger partial charge in [0, 0.05) is 32.1 Å². The maximum absolute atomic E-state index is 11.8. The largest absolute Gasteiger partial charge is 0.389 e. The molecule has 0 heterocycles. The molecule has 18 heavy (non-hydrogen) atoms. The first-order valence-electron chi connectivity index (χ1n) is 6.02. The van der Waals surface area contributed by atoms with Gasteiger partial charge in [0.15, 0.2) is 0 Å². The van der Waals surface area contributed by atoms with Crippen LogP contribution in [0.3, 0.4) is 0 Å². The van der Waals surface area contributed by atoms with E-state index < -0.39 is 18.1 Å². The zero-order valence-electron chi connectivity index (χ0n) is 11.1. The molecule has 0 aliphatic carbocycles. The van der Waals surface area contributed by atoms with Crippen molar-refractivity contribution in [3.63, 3.8) is 0 Å². The molecule has 0 fully saturated rings. The second-order valence-corrected chi connectivity index (χ2v) is 4.82. The number of rotatable bonds is 8. The van der Waals surface area contributed by atoms with Crippen molar-refractivity contribution in [1.29, 1.82) is 5.26 Å². The van der Waals surface area contributed by atoms with Gasteiger partial charge in [-0.2, -0.15) is 18.4 Å². The molecule has 0 radical (unpaired) electrons. The van der Waals surface area contributed by atoms with Crippen LogP contribution in [0.1, 0.15) is 40.0 Å². The third-order valence-corrected chi connectivity index (χ3v) is 2.35. The molecule has 0 spiro atoms. The van der Waals surface area contributed by atoms with E-state index in [1.54, 1.807) is 6.92 Å². The predicted molar refractivity (Wildman–Crippen MR) is 63.0 cm³/mol. The van der Waals surface area contributed by atoms with E-state index in [4.69, 9.17) is 10.00 Å². The first kappa shape index (κ1) is 17.2. The summed E-state index contributed by atoms with van der Waals surface area (Å²) in [7, 11) is 0. The summed E-state index contributed by atoms with van der Waals surface area (Å²) in [5, 5.41) is 12.1. The van der Waals surface area contributed by atoms with E-state index in [9.17, 15) is 13.2 Å². The van der Waals surface area contributed by atoms with Crippen molar-refractivity contribution in [2.45, 2.75) is 57.8 Å². The van der Waals surface area contributed by atoms with Crippen molar-refractivity contribution in [3.05, 3.63) is 0 Å². The highest BCUT2D eigenvalue weighted by Gasteiger charge is 2.26. The van der Waals surface area contributed by atoms with Crippen LogP contribution < -0.4 is 5.32 Å². The van der Waals surface area contributed by atoms with Gasteiger partial charge in [0.2, 0.25) is 0 Å². The molecule has 0 aromatic heterocycles. The molecule has 0 aliphatic rings. The topological polar surface area (TPSA) is 45.0 Å². The van der Waals surface area contributed by atoms with Crippen LogP contribution >= 0.6 is 0 Å². The summed E-state index contributed by atoms with van der Waals surface area (Å²) in [6.07, 6.45) is -4.53. The molecule has 3 nitrogen and oxygen atoms in total. The number of alkyl halides is 3. The minimum Gasteiger partial charge on any atom is -0.381 e. The zero-order valence-corrected chi connectivity index (χ0v) is 11.1. The van der Waals surface area contributed by atoms with Gasteiger partial charge in [-0.15, -0.1) is 0 Å². The Morgan fingerprint density at radius 2 is 1.83 bits per heavy atom. The maximum Gasteiger partial charge on any atom is 0.389 e. The number of nitrogens with zero attached hydrogens (tertiary/aromatic N) is 1. The third-order valence-electron chi connectivity index (χ3n) is 2.35. The van der Waals surface area contributed by atoms with E-state index in [0.29, 0.717) is 6.42 Å². The lowest BCUT2D eigenvalue weighted by Gasteiger charge is -2.25. The van der Waals surface area contributed by atoms with E-state index >= 15 is 0 Å². The van der Waals surface area contributed by atoms with Crippen LogP contribution in [0, 0.1) is 11.3 Å². The highest BCUT2D eigenvalue weighted by atomic mass is 19.4. The van der Waals surface area contributed by atoms with Crippen molar-refractivity contribution in [3.8, 4) is 6.07 Å².